The van der Waals surface area contributed by atoms with Crippen LogP contribution in [0, 0.1) is 23.6 Å². The standard InChI is InChI=1S/C19H23ClFNO/c1-2-22(18(23)16-4-3-15(20)8-17(16)21)19-9-12-5-13(10-19)7-14(6-12)11-19/h3-4,8,12-14H,2,5-7,9-11H2,1H3. The van der Waals surface area contributed by atoms with E-state index >= 15 is 0 Å². The molecule has 1 aromatic carbocycles. The van der Waals surface area contributed by atoms with Crippen LogP contribution < -0.4 is 0 Å². The molecule has 0 heterocycles. The van der Waals surface area contributed by atoms with Gasteiger partial charge in [-0.2, -0.15) is 0 Å². The summed E-state index contributed by atoms with van der Waals surface area (Å²) in [4.78, 5) is 15.0. The SMILES string of the molecule is CCN(C(=O)c1ccc(Cl)cc1F)C12CC3CC(CC(C3)C1)C2. The van der Waals surface area contributed by atoms with Gasteiger partial charge in [0.2, 0.25) is 0 Å². The number of amides is 1. The van der Waals surface area contributed by atoms with Crippen LogP contribution in [0.1, 0.15) is 55.8 Å². The summed E-state index contributed by atoms with van der Waals surface area (Å²) in [5.74, 6) is 1.61. The topological polar surface area (TPSA) is 20.3 Å². The summed E-state index contributed by atoms with van der Waals surface area (Å²) in [6, 6.07) is 4.37. The predicted octanol–water partition coefficient (Wildman–Crippen LogP) is 4.91. The normalized spacial score (nSPS) is 34.7. The number of rotatable bonds is 3. The maximum absolute atomic E-state index is 14.2. The van der Waals surface area contributed by atoms with E-state index in [0.717, 1.165) is 37.0 Å². The fourth-order valence-corrected chi connectivity index (χ4v) is 6.06. The van der Waals surface area contributed by atoms with Crippen LogP contribution in [0.15, 0.2) is 18.2 Å². The Morgan fingerprint density at radius 3 is 2.26 bits per heavy atom. The summed E-state index contributed by atoms with van der Waals surface area (Å²) in [6.45, 7) is 2.66. The molecule has 0 N–H and O–H groups in total. The number of benzene rings is 1. The predicted molar refractivity (Wildman–Crippen MR) is 89.0 cm³/mol. The third-order valence-electron chi connectivity index (χ3n) is 6.30. The zero-order chi connectivity index (χ0) is 16.2. The Bertz CT molecular complexity index is 609. The van der Waals surface area contributed by atoms with Gasteiger partial charge in [-0.1, -0.05) is 11.6 Å². The number of hydrogen-bond acceptors (Lipinski definition) is 1. The van der Waals surface area contributed by atoms with E-state index in [2.05, 4.69) is 0 Å². The van der Waals surface area contributed by atoms with Crippen LogP contribution in [0.4, 0.5) is 4.39 Å². The van der Waals surface area contributed by atoms with E-state index < -0.39 is 5.82 Å². The van der Waals surface area contributed by atoms with Gasteiger partial charge in [-0.15, -0.1) is 0 Å². The molecule has 4 aliphatic carbocycles. The van der Waals surface area contributed by atoms with E-state index in [-0.39, 0.29) is 17.0 Å². The fraction of sp³-hybridized carbons (Fsp3) is 0.632. The summed E-state index contributed by atoms with van der Waals surface area (Å²) < 4.78 is 14.2. The molecule has 0 aromatic heterocycles. The first-order valence-electron chi connectivity index (χ1n) is 8.78. The van der Waals surface area contributed by atoms with Gasteiger partial charge in [0.25, 0.3) is 5.91 Å². The van der Waals surface area contributed by atoms with Gasteiger partial charge in [-0.25, -0.2) is 4.39 Å². The van der Waals surface area contributed by atoms with Crippen molar-refractivity contribution in [1.82, 2.24) is 4.90 Å². The maximum atomic E-state index is 14.2. The van der Waals surface area contributed by atoms with Crippen molar-refractivity contribution in [3.8, 4) is 0 Å². The van der Waals surface area contributed by atoms with Gasteiger partial charge in [0.15, 0.2) is 0 Å². The molecule has 0 atom stereocenters. The van der Waals surface area contributed by atoms with E-state index in [4.69, 9.17) is 11.6 Å². The van der Waals surface area contributed by atoms with Crippen LogP contribution in [-0.4, -0.2) is 22.9 Å². The van der Waals surface area contributed by atoms with Gasteiger partial charge in [-0.05, 0) is 81.4 Å². The molecule has 4 fully saturated rings. The third kappa shape index (κ3) is 2.48. The smallest absolute Gasteiger partial charge is 0.257 e. The van der Waals surface area contributed by atoms with Crippen molar-refractivity contribution in [1.29, 1.82) is 0 Å². The molecule has 1 amide bonds. The second-order valence-electron chi connectivity index (χ2n) is 7.82. The van der Waals surface area contributed by atoms with E-state index in [9.17, 15) is 9.18 Å². The minimum atomic E-state index is -0.509. The zero-order valence-electron chi connectivity index (χ0n) is 13.5. The number of nitrogens with zero attached hydrogens (tertiary/aromatic N) is 1. The highest BCUT2D eigenvalue weighted by Gasteiger charge is 2.54. The molecule has 0 saturated heterocycles. The molecule has 0 spiro atoms. The van der Waals surface area contributed by atoms with Crippen LogP contribution in [-0.2, 0) is 0 Å². The van der Waals surface area contributed by atoms with E-state index in [0.29, 0.717) is 11.6 Å². The minimum absolute atomic E-state index is 0.0351. The third-order valence-corrected chi connectivity index (χ3v) is 6.54. The van der Waals surface area contributed by atoms with Crippen molar-refractivity contribution < 1.29 is 9.18 Å². The van der Waals surface area contributed by atoms with E-state index in [1.165, 1.54) is 31.4 Å². The van der Waals surface area contributed by atoms with E-state index in [1.807, 2.05) is 11.8 Å². The van der Waals surface area contributed by atoms with E-state index in [1.54, 1.807) is 6.07 Å². The molecular formula is C19H23ClFNO. The average molecular weight is 336 g/mol. The van der Waals surface area contributed by atoms with Crippen molar-refractivity contribution >= 4 is 17.5 Å². The van der Waals surface area contributed by atoms with Gasteiger partial charge < -0.3 is 4.90 Å². The Labute approximate surface area is 142 Å². The summed E-state index contributed by atoms with van der Waals surface area (Å²) in [5.41, 5.74) is 0.124. The van der Waals surface area contributed by atoms with Gasteiger partial charge in [0, 0.05) is 17.1 Å². The maximum Gasteiger partial charge on any atom is 0.257 e. The van der Waals surface area contributed by atoms with Gasteiger partial charge in [0.05, 0.1) is 5.56 Å². The molecule has 23 heavy (non-hydrogen) atoms. The number of halogens is 2. The Balaban J connectivity index is 1.67. The largest absolute Gasteiger partial charge is 0.333 e. The first-order valence-corrected chi connectivity index (χ1v) is 9.15. The molecule has 124 valence electrons. The summed E-state index contributed by atoms with van der Waals surface area (Å²) in [5, 5.41) is 0.330. The lowest BCUT2D eigenvalue weighted by Crippen LogP contribution is -2.61. The quantitative estimate of drug-likeness (QED) is 0.768. The highest BCUT2D eigenvalue weighted by molar-refractivity contribution is 6.30. The number of carbonyl (C=O) groups excluding carboxylic acids is 1. The van der Waals surface area contributed by atoms with Gasteiger partial charge in [-0.3, -0.25) is 4.79 Å². The van der Waals surface area contributed by atoms with Crippen molar-refractivity contribution in [2.24, 2.45) is 17.8 Å². The fourth-order valence-electron chi connectivity index (χ4n) is 5.90. The van der Waals surface area contributed by atoms with Crippen molar-refractivity contribution in [2.45, 2.75) is 51.0 Å². The molecule has 5 rings (SSSR count). The van der Waals surface area contributed by atoms with Gasteiger partial charge in [0.1, 0.15) is 5.82 Å². The van der Waals surface area contributed by atoms with Crippen molar-refractivity contribution in [2.75, 3.05) is 6.54 Å². The second-order valence-corrected chi connectivity index (χ2v) is 8.25. The molecule has 4 bridgehead atoms. The van der Waals surface area contributed by atoms with Crippen LogP contribution in [0.5, 0.6) is 0 Å². The molecule has 1 aromatic rings. The highest BCUT2D eigenvalue weighted by Crippen LogP contribution is 2.58. The molecule has 2 nitrogen and oxygen atoms in total. The van der Waals surface area contributed by atoms with Crippen LogP contribution >= 0.6 is 11.6 Å². The molecule has 4 saturated carbocycles. The summed E-state index contributed by atoms with van der Waals surface area (Å²) in [7, 11) is 0. The number of carbonyl (C=O) groups is 1. The lowest BCUT2D eigenvalue weighted by molar-refractivity contribution is -0.0732. The Morgan fingerprint density at radius 2 is 1.78 bits per heavy atom. The molecule has 4 aliphatic rings. The zero-order valence-corrected chi connectivity index (χ0v) is 14.3. The minimum Gasteiger partial charge on any atom is -0.333 e. The lowest BCUT2D eigenvalue weighted by atomic mass is 9.52. The second kappa shape index (κ2) is 5.47. The summed E-state index contributed by atoms with van der Waals surface area (Å²) >= 11 is 5.83. The number of hydrogen-bond donors (Lipinski definition) is 0. The summed E-state index contributed by atoms with van der Waals surface area (Å²) in [6.07, 6.45) is 7.32. The van der Waals surface area contributed by atoms with Crippen LogP contribution in [0.3, 0.4) is 0 Å². The van der Waals surface area contributed by atoms with Crippen LogP contribution in [0.2, 0.25) is 5.02 Å². The lowest BCUT2D eigenvalue weighted by Gasteiger charge is -2.60. The molecule has 0 aliphatic heterocycles. The average Bonchev–Trinajstić information content (AvgIpc) is 2.45. The Morgan fingerprint density at radius 1 is 1.22 bits per heavy atom. The van der Waals surface area contributed by atoms with Gasteiger partial charge >= 0.3 is 0 Å². The molecule has 0 unspecified atom stereocenters. The van der Waals surface area contributed by atoms with Crippen molar-refractivity contribution in [3.05, 3.63) is 34.6 Å². The van der Waals surface area contributed by atoms with Crippen molar-refractivity contribution in [3.63, 3.8) is 0 Å². The first kappa shape index (κ1) is 15.4. The molecular weight excluding hydrogens is 313 g/mol. The Hall–Kier alpha value is -1.09. The van der Waals surface area contributed by atoms with Crippen LogP contribution in [0.25, 0.3) is 0 Å². The molecule has 4 heteroatoms. The highest BCUT2D eigenvalue weighted by atomic mass is 35.5. The first-order chi connectivity index (χ1) is 11.0. The molecule has 0 radical (unpaired) electrons. The Kier molecular flexibility index (Phi) is 3.67. The monoisotopic (exact) mass is 335 g/mol.